The lowest BCUT2D eigenvalue weighted by Gasteiger charge is -2.36. The summed E-state index contributed by atoms with van der Waals surface area (Å²) >= 11 is 0. The summed E-state index contributed by atoms with van der Waals surface area (Å²) in [6.07, 6.45) is 0. The van der Waals surface area contributed by atoms with E-state index in [0.29, 0.717) is 5.52 Å². The lowest BCUT2D eigenvalue weighted by atomic mass is 10.1. The number of hydrogen-bond donors (Lipinski definition) is 1. The number of nitrogens with one attached hydrogen (secondary N) is 1. The number of ether oxygens (including phenoxy) is 1. The van der Waals surface area contributed by atoms with E-state index in [1.165, 1.54) is 37.1 Å². The van der Waals surface area contributed by atoms with Gasteiger partial charge in [-0.15, -0.1) is 0 Å². The van der Waals surface area contributed by atoms with Crippen molar-refractivity contribution in [3.63, 3.8) is 0 Å². The fourth-order valence-electron chi connectivity index (χ4n) is 3.64. The minimum Gasteiger partial charge on any atom is -0.478 e. The van der Waals surface area contributed by atoms with Gasteiger partial charge in [0, 0.05) is 32.2 Å². The smallest absolute Gasteiger partial charge is 0.323 e. The summed E-state index contributed by atoms with van der Waals surface area (Å²) in [5.74, 6) is -4.42. The van der Waals surface area contributed by atoms with Crippen LogP contribution in [0.25, 0.3) is 11.0 Å². The van der Waals surface area contributed by atoms with Gasteiger partial charge in [0.1, 0.15) is 5.82 Å². The number of carbonyl (C=O) groups is 1. The Morgan fingerprint density at radius 1 is 1.00 bits per heavy atom. The third-order valence-electron chi connectivity index (χ3n) is 5.22. The zero-order valence-corrected chi connectivity index (χ0v) is 17.3. The number of carbonyl (C=O) groups excluding carboxylic acids is 1. The first-order chi connectivity index (χ1) is 15.3. The van der Waals surface area contributed by atoms with E-state index < -0.39 is 29.3 Å². The molecule has 2 amide bonds. The van der Waals surface area contributed by atoms with Crippen LogP contribution in [0.5, 0.6) is 5.88 Å². The van der Waals surface area contributed by atoms with Gasteiger partial charge in [-0.25, -0.2) is 32.3 Å². The van der Waals surface area contributed by atoms with Gasteiger partial charge >= 0.3 is 6.03 Å². The molecule has 1 saturated heterocycles. The predicted molar refractivity (Wildman–Crippen MR) is 110 cm³/mol. The molecule has 0 bridgehead atoms. The van der Waals surface area contributed by atoms with Gasteiger partial charge in [0.25, 0.3) is 5.88 Å². The monoisotopic (exact) mass is 449 g/mol. The van der Waals surface area contributed by atoms with Gasteiger partial charge < -0.3 is 14.5 Å². The standard InChI is InChI=1S/C21H19F4N5O2/c1-11-9-13(23)16(24)17(25)18(11)29-5-7-30(8-6-29)21(31)28-19-20(32-2)27-14-4-3-12(22)10-15(14)26-19/h3-4,9-10H,5-8H2,1-2H3,(H,26,28,31). The Balaban J connectivity index is 1.48. The highest BCUT2D eigenvalue weighted by Gasteiger charge is 2.27. The Morgan fingerprint density at radius 2 is 1.72 bits per heavy atom. The number of fused-ring (bicyclic) bond motifs is 1. The van der Waals surface area contributed by atoms with Crippen molar-refractivity contribution in [2.45, 2.75) is 6.92 Å². The number of benzene rings is 2. The van der Waals surface area contributed by atoms with Crippen LogP contribution in [0.4, 0.5) is 33.9 Å². The average molecular weight is 449 g/mol. The second-order valence-corrected chi connectivity index (χ2v) is 7.27. The maximum Gasteiger partial charge on any atom is 0.323 e. The summed E-state index contributed by atoms with van der Waals surface area (Å²) in [4.78, 5) is 24.2. The molecule has 168 valence electrons. The summed E-state index contributed by atoms with van der Waals surface area (Å²) in [5.41, 5.74) is 0.893. The van der Waals surface area contributed by atoms with Crippen LogP contribution in [0.15, 0.2) is 24.3 Å². The van der Waals surface area contributed by atoms with E-state index in [1.54, 1.807) is 4.90 Å². The third-order valence-corrected chi connectivity index (χ3v) is 5.22. The predicted octanol–water partition coefficient (Wildman–Crippen LogP) is 3.86. The first-order valence-corrected chi connectivity index (χ1v) is 9.74. The molecule has 0 atom stereocenters. The minimum atomic E-state index is -1.52. The Bertz CT molecular complexity index is 1200. The van der Waals surface area contributed by atoms with Crippen LogP contribution in [0, 0.1) is 30.2 Å². The third kappa shape index (κ3) is 3.97. The van der Waals surface area contributed by atoms with Crippen LogP contribution < -0.4 is 15.0 Å². The number of urea groups is 1. The molecule has 0 saturated carbocycles. The summed E-state index contributed by atoms with van der Waals surface area (Å²) in [7, 11) is 1.37. The largest absolute Gasteiger partial charge is 0.478 e. The SMILES string of the molecule is COc1nc2ccc(F)cc2nc1NC(=O)N1CCN(c2c(C)cc(F)c(F)c2F)CC1. The van der Waals surface area contributed by atoms with Crippen LogP contribution in [-0.4, -0.2) is 54.2 Å². The van der Waals surface area contributed by atoms with Crippen molar-refractivity contribution in [3.8, 4) is 5.88 Å². The number of hydrogen-bond acceptors (Lipinski definition) is 5. The zero-order valence-electron chi connectivity index (χ0n) is 17.3. The number of methoxy groups -OCH3 is 1. The molecule has 0 unspecified atom stereocenters. The second kappa shape index (κ2) is 8.48. The average Bonchev–Trinajstić information content (AvgIpc) is 2.77. The molecule has 0 radical (unpaired) electrons. The van der Waals surface area contributed by atoms with Gasteiger partial charge in [0.15, 0.2) is 23.3 Å². The van der Waals surface area contributed by atoms with Gasteiger partial charge in [-0.2, -0.15) is 0 Å². The first kappa shape index (κ1) is 21.6. The summed E-state index contributed by atoms with van der Waals surface area (Å²) in [5, 5.41) is 2.60. The number of aromatic nitrogens is 2. The van der Waals surface area contributed by atoms with Crippen molar-refractivity contribution in [2.75, 3.05) is 43.5 Å². The Morgan fingerprint density at radius 3 is 2.41 bits per heavy atom. The molecule has 11 heteroatoms. The van der Waals surface area contributed by atoms with Gasteiger partial charge in [0.05, 0.1) is 23.8 Å². The highest BCUT2D eigenvalue weighted by atomic mass is 19.2. The van der Waals surface area contributed by atoms with Crippen LogP contribution >= 0.6 is 0 Å². The molecule has 4 rings (SSSR count). The van der Waals surface area contributed by atoms with E-state index >= 15 is 0 Å². The fraction of sp³-hybridized carbons (Fsp3) is 0.286. The maximum atomic E-state index is 14.3. The molecule has 32 heavy (non-hydrogen) atoms. The topological polar surface area (TPSA) is 70.6 Å². The number of nitrogens with zero attached hydrogens (tertiary/aromatic N) is 4. The number of rotatable bonds is 3. The lowest BCUT2D eigenvalue weighted by molar-refractivity contribution is 0.207. The van der Waals surface area contributed by atoms with Crippen molar-refractivity contribution in [1.29, 1.82) is 0 Å². The van der Waals surface area contributed by atoms with Crippen molar-refractivity contribution in [3.05, 3.63) is 53.1 Å². The fourth-order valence-corrected chi connectivity index (χ4v) is 3.64. The normalized spacial score (nSPS) is 14.1. The molecule has 1 aliphatic rings. The molecule has 7 nitrogen and oxygen atoms in total. The van der Waals surface area contributed by atoms with Crippen molar-refractivity contribution in [2.24, 2.45) is 0 Å². The summed E-state index contributed by atoms with van der Waals surface area (Å²) in [6, 6.07) is 4.32. The van der Waals surface area contributed by atoms with E-state index in [-0.39, 0.29) is 54.6 Å². The van der Waals surface area contributed by atoms with Gasteiger partial charge in [-0.05, 0) is 30.7 Å². The zero-order chi connectivity index (χ0) is 23.0. The van der Waals surface area contributed by atoms with E-state index in [2.05, 4.69) is 15.3 Å². The van der Waals surface area contributed by atoms with E-state index in [4.69, 9.17) is 4.74 Å². The van der Waals surface area contributed by atoms with Crippen molar-refractivity contribution >= 4 is 28.6 Å². The molecule has 2 aromatic carbocycles. The number of aryl methyl sites for hydroxylation is 1. The van der Waals surface area contributed by atoms with E-state index in [9.17, 15) is 22.4 Å². The number of anilines is 2. The van der Waals surface area contributed by atoms with Crippen molar-refractivity contribution < 1.29 is 27.1 Å². The van der Waals surface area contributed by atoms with E-state index in [1.807, 2.05) is 0 Å². The van der Waals surface area contributed by atoms with Gasteiger partial charge in [0.2, 0.25) is 0 Å². The summed E-state index contributed by atoms with van der Waals surface area (Å²) < 4.78 is 60.1. The van der Waals surface area contributed by atoms with Crippen LogP contribution in [0.1, 0.15) is 5.56 Å². The Hall–Kier alpha value is -3.63. The summed E-state index contributed by atoms with van der Waals surface area (Å²) in [6.45, 7) is 2.31. The Labute approximate surface area is 180 Å². The second-order valence-electron chi connectivity index (χ2n) is 7.27. The molecular weight excluding hydrogens is 430 g/mol. The molecular formula is C21H19F4N5O2. The van der Waals surface area contributed by atoms with Crippen LogP contribution in [0.3, 0.4) is 0 Å². The minimum absolute atomic E-state index is 0.0203. The van der Waals surface area contributed by atoms with Gasteiger partial charge in [-0.3, -0.25) is 5.32 Å². The highest BCUT2D eigenvalue weighted by molar-refractivity contribution is 5.91. The molecule has 3 aromatic rings. The number of amides is 2. The molecule has 2 heterocycles. The lowest BCUT2D eigenvalue weighted by Crippen LogP contribution is -2.50. The van der Waals surface area contributed by atoms with Gasteiger partial charge in [-0.1, -0.05) is 0 Å². The molecule has 1 fully saturated rings. The number of piperazine rings is 1. The van der Waals surface area contributed by atoms with Crippen LogP contribution in [0.2, 0.25) is 0 Å². The quantitative estimate of drug-likeness (QED) is 0.486. The molecule has 1 aromatic heterocycles. The maximum absolute atomic E-state index is 14.3. The Kier molecular flexibility index (Phi) is 5.72. The van der Waals surface area contributed by atoms with E-state index in [0.717, 1.165) is 6.07 Å². The highest BCUT2D eigenvalue weighted by Crippen LogP contribution is 2.29. The molecule has 0 aliphatic carbocycles. The number of halogens is 4. The first-order valence-electron chi connectivity index (χ1n) is 9.74. The molecule has 1 N–H and O–H groups in total. The molecule has 0 spiro atoms. The van der Waals surface area contributed by atoms with Crippen molar-refractivity contribution in [1.82, 2.24) is 14.9 Å². The van der Waals surface area contributed by atoms with Crippen LogP contribution in [-0.2, 0) is 0 Å². The molecule has 1 aliphatic heterocycles.